The summed E-state index contributed by atoms with van der Waals surface area (Å²) in [5.74, 6) is 1.82. The lowest BCUT2D eigenvalue weighted by Crippen LogP contribution is -2.14. The van der Waals surface area contributed by atoms with E-state index in [0.717, 1.165) is 16.9 Å². The van der Waals surface area contributed by atoms with E-state index in [4.69, 9.17) is 9.47 Å². The predicted molar refractivity (Wildman–Crippen MR) is 81.7 cm³/mol. The third-order valence-electron chi connectivity index (χ3n) is 3.47. The van der Waals surface area contributed by atoms with E-state index >= 15 is 0 Å². The van der Waals surface area contributed by atoms with Gasteiger partial charge in [-0.3, -0.25) is 0 Å². The zero-order valence-electron chi connectivity index (χ0n) is 12.7. The Bertz CT molecular complexity index is 628. The molecular weight excluding hydrogens is 269 g/mol. The van der Waals surface area contributed by atoms with Crippen LogP contribution in [0, 0.1) is 12.7 Å². The summed E-state index contributed by atoms with van der Waals surface area (Å²) in [7, 11) is 3.51. The average molecular weight is 289 g/mol. The molecule has 0 aliphatic rings. The standard InChI is InChI=1S/C17H20FNO2/c1-11-10-13(18)8-9-14(11)21-16-7-5-6-15(20-4)17(16)12(2)19-3/h5-10,12,19H,1-4H3. The minimum Gasteiger partial charge on any atom is -0.496 e. The monoisotopic (exact) mass is 289 g/mol. The zero-order chi connectivity index (χ0) is 15.4. The molecule has 2 aromatic rings. The van der Waals surface area contributed by atoms with Crippen LogP contribution < -0.4 is 14.8 Å². The van der Waals surface area contributed by atoms with Crippen molar-refractivity contribution in [2.45, 2.75) is 19.9 Å². The topological polar surface area (TPSA) is 30.5 Å². The SMILES string of the molecule is CNC(C)c1c(OC)cccc1Oc1ccc(F)cc1C. The van der Waals surface area contributed by atoms with E-state index < -0.39 is 0 Å². The largest absolute Gasteiger partial charge is 0.496 e. The van der Waals surface area contributed by atoms with Gasteiger partial charge in [0.15, 0.2) is 0 Å². The van der Waals surface area contributed by atoms with Gasteiger partial charge in [-0.1, -0.05) is 6.07 Å². The summed E-state index contributed by atoms with van der Waals surface area (Å²) in [5, 5.41) is 3.19. The van der Waals surface area contributed by atoms with Crippen molar-refractivity contribution in [3.63, 3.8) is 0 Å². The van der Waals surface area contributed by atoms with Gasteiger partial charge in [0.05, 0.1) is 12.7 Å². The Labute approximate surface area is 124 Å². The maximum atomic E-state index is 13.2. The van der Waals surface area contributed by atoms with Crippen molar-refractivity contribution in [1.29, 1.82) is 0 Å². The van der Waals surface area contributed by atoms with Crippen molar-refractivity contribution < 1.29 is 13.9 Å². The number of benzene rings is 2. The summed E-state index contributed by atoms with van der Waals surface area (Å²) >= 11 is 0. The van der Waals surface area contributed by atoms with Gasteiger partial charge in [-0.25, -0.2) is 4.39 Å². The van der Waals surface area contributed by atoms with Gasteiger partial charge in [0.1, 0.15) is 23.1 Å². The molecule has 0 saturated carbocycles. The molecule has 3 nitrogen and oxygen atoms in total. The van der Waals surface area contributed by atoms with Crippen molar-refractivity contribution in [1.82, 2.24) is 5.32 Å². The molecule has 0 radical (unpaired) electrons. The smallest absolute Gasteiger partial charge is 0.135 e. The third kappa shape index (κ3) is 3.34. The maximum Gasteiger partial charge on any atom is 0.135 e. The van der Waals surface area contributed by atoms with Crippen molar-refractivity contribution in [3.8, 4) is 17.2 Å². The van der Waals surface area contributed by atoms with Crippen molar-refractivity contribution >= 4 is 0 Å². The molecule has 0 bridgehead atoms. The molecule has 0 aliphatic heterocycles. The average Bonchev–Trinajstić information content (AvgIpc) is 2.49. The Morgan fingerprint density at radius 2 is 1.81 bits per heavy atom. The van der Waals surface area contributed by atoms with Crippen LogP contribution in [0.25, 0.3) is 0 Å². The van der Waals surface area contributed by atoms with E-state index in [0.29, 0.717) is 11.5 Å². The molecule has 2 rings (SSSR count). The minimum absolute atomic E-state index is 0.0666. The molecule has 21 heavy (non-hydrogen) atoms. The van der Waals surface area contributed by atoms with E-state index in [9.17, 15) is 4.39 Å². The highest BCUT2D eigenvalue weighted by molar-refractivity contribution is 5.49. The van der Waals surface area contributed by atoms with Crippen LogP contribution in [0.2, 0.25) is 0 Å². The lowest BCUT2D eigenvalue weighted by Gasteiger charge is -2.20. The number of rotatable bonds is 5. The zero-order valence-corrected chi connectivity index (χ0v) is 12.7. The van der Waals surface area contributed by atoms with Gasteiger partial charge in [-0.2, -0.15) is 0 Å². The van der Waals surface area contributed by atoms with Gasteiger partial charge in [-0.15, -0.1) is 0 Å². The second kappa shape index (κ2) is 6.59. The van der Waals surface area contributed by atoms with Crippen LogP contribution in [0.15, 0.2) is 36.4 Å². The van der Waals surface area contributed by atoms with Gasteiger partial charge in [0, 0.05) is 6.04 Å². The fraction of sp³-hybridized carbons (Fsp3) is 0.294. The third-order valence-corrected chi connectivity index (χ3v) is 3.47. The Balaban J connectivity index is 2.43. The minimum atomic E-state index is -0.269. The van der Waals surface area contributed by atoms with Crippen molar-refractivity contribution in [2.24, 2.45) is 0 Å². The van der Waals surface area contributed by atoms with Gasteiger partial charge in [-0.05, 0) is 56.8 Å². The molecule has 0 spiro atoms. The number of hydrogen-bond donors (Lipinski definition) is 1. The first-order valence-corrected chi connectivity index (χ1v) is 6.85. The van der Waals surface area contributed by atoms with Crippen LogP contribution in [0.3, 0.4) is 0 Å². The van der Waals surface area contributed by atoms with Crippen LogP contribution in [0.5, 0.6) is 17.2 Å². The quantitative estimate of drug-likeness (QED) is 0.894. The van der Waals surface area contributed by atoms with Crippen LogP contribution in [0.1, 0.15) is 24.1 Å². The maximum absolute atomic E-state index is 13.2. The predicted octanol–water partition coefficient (Wildman–Crippen LogP) is 4.22. The lowest BCUT2D eigenvalue weighted by atomic mass is 10.1. The van der Waals surface area contributed by atoms with Crippen molar-refractivity contribution in [2.75, 3.05) is 14.2 Å². The van der Waals surface area contributed by atoms with Gasteiger partial charge >= 0.3 is 0 Å². The number of hydrogen-bond acceptors (Lipinski definition) is 3. The second-order valence-corrected chi connectivity index (χ2v) is 4.89. The van der Waals surface area contributed by atoms with Crippen LogP contribution >= 0.6 is 0 Å². The molecular formula is C17H20FNO2. The highest BCUT2D eigenvalue weighted by atomic mass is 19.1. The molecule has 0 aliphatic carbocycles. The summed E-state index contributed by atoms with van der Waals surface area (Å²) in [6.07, 6.45) is 0. The first-order chi connectivity index (χ1) is 10.1. The molecule has 0 amide bonds. The van der Waals surface area contributed by atoms with E-state index in [-0.39, 0.29) is 11.9 Å². The molecule has 0 heterocycles. The molecule has 0 saturated heterocycles. The van der Waals surface area contributed by atoms with E-state index in [1.54, 1.807) is 13.2 Å². The normalized spacial score (nSPS) is 12.0. The molecule has 1 N–H and O–H groups in total. The van der Waals surface area contributed by atoms with Crippen LogP contribution in [0.4, 0.5) is 4.39 Å². The molecule has 0 fully saturated rings. The summed E-state index contributed by atoms with van der Waals surface area (Å²) < 4.78 is 24.6. The highest BCUT2D eigenvalue weighted by Gasteiger charge is 2.17. The Hall–Kier alpha value is -2.07. The van der Waals surface area contributed by atoms with E-state index in [1.165, 1.54) is 12.1 Å². The highest BCUT2D eigenvalue weighted by Crippen LogP contribution is 2.37. The number of halogens is 1. The first-order valence-electron chi connectivity index (χ1n) is 6.85. The fourth-order valence-corrected chi connectivity index (χ4v) is 2.21. The molecule has 2 aromatic carbocycles. The Kier molecular flexibility index (Phi) is 4.81. The molecule has 1 atom stereocenters. The molecule has 0 aromatic heterocycles. The summed E-state index contributed by atoms with van der Waals surface area (Å²) in [6, 6.07) is 10.2. The molecule has 1 unspecified atom stereocenters. The van der Waals surface area contributed by atoms with Gasteiger partial charge in [0.2, 0.25) is 0 Å². The Morgan fingerprint density at radius 1 is 1.10 bits per heavy atom. The number of ether oxygens (including phenoxy) is 2. The summed E-state index contributed by atoms with van der Waals surface area (Å²) in [4.78, 5) is 0. The molecule has 4 heteroatoms. The van der Waals surface area contributed by atoms with Crippen LogP contribution in [-0.4, -0.2) is 14.2 Å². The number of aryl methyl sites for hydroxylation is 1. The Morgan fingerprint density at radius 3 is 2.43 bits per heavy atom. The molecule has 112 valence electrons. The number of nitrogens with one attached hydrogen (secondary N) is 1. The van der Waals surface area contributed by atoms with Crippen LogP contribution in [-0.2, 0) is 0 Å². The second-order valence-electron chi connectivity index (χ2n) is 4.89. The number of methoxy groups -OCH3 is 1. The van der Waals surface area contributed by atoms with E-state index in [2.05, 4.69) is 5.32 Å². The lowest BCUT2D eigenvalue weighted by molar-refractivity contribution is 0.392. The summed E-state index contributed by atoms with van der Waals surface area (Å²) in [6.45, 7) is 3.85. The first kappa shape index (κ1) is 15.3. The summed E-state index contributed by atoms with van der Waals surface area (Å²) in [5.41, 5.74) is 1.69. The van der Waals surface area contributed by atoms with Gasteiger partial charge < -0.3 is 14.8 Å². The van der Waals surface area contributed by atoms with E-state index in [1.807, 2.05) is 39.1 Å². The fourth-order valence-electron chi connectivity index (χ4n) is 2.21. The van der Waals surface area contributed by atoms with Gasteiger partial charge in [0.25, 0.3) is 0 Å². The van der Waals surface area contributed by atoms with Crippen molar-refractivity contribution in [3.05, 3.63) is 53.3 Å².